The van der Waals surface area contributed by atoms with Crippen LogP contribution in [-0.4, -0.2) is 4.98 Å². The van der Waals surface area contributed by atoms with Crippen molar-refractivity contribution in [1.29, 1.82) is 0 Å². The van der Waals surface area contributed by atoms with Crippen LogP contribution in [0.4, 0.5) is 13.2 Å². The summed E-state index contributed by atoms with van der Waals surface area (Å²) in [5, 5.41) is 2.52. The first-order valence-corrected chi connectivity index (χ1v) is 10.5. The second-order valence-corrected chi connectivity index (χ2v) is 7.93. The number of nitrogens with zero attached hydrogens (tertiary/aromatic N) is 1. The zero-order valence-corrected chi connectivity index (χ0v) is 17.2. The van der Waals surface area contributed by atoms with Crippen LogP contribution in [0.1, 0.15) is 5.56 Å². The Bertz CT molecular complexity index is 1650. The molecule has 0 bridgehead atoms. The third kappa shape index (κ3) is 3.16. The number of alkyl halides is 3. The third-order valence-corrected chi connectivity index (χ3v) is 5.96. The number of rotatable bonds is 2. The molecule has 0 atom stereocenters. The van der Waals surface area contributed by atoms with Gasteiger partial charge in [-0.1, -0.05) is 78.9 Å². The molecule has 2 aromatic heterocycles. The first-order chi connectivity index (χ1) is 16.0. The molecule has 4 aromatic carbocycles. The Morgan fingerprint density at radius 2 is 1.36 bits per heavy atom. The summed E-state index contributed by atoms with van der Waals surface area (Å²) in [5.41, 5.74) is 3.94. The number of aromatic nitrogens is 1. The van der Waals surface area contributed by atoms with E-state index < -0.39 is 11.7 Å². The van der Waals surface area contributed by atoms with Gasteiger partial charge in [0.05, 0.1) is 11.3 Å². The van der Waals surface area contributed by atoms with E-state index in [0.29, 0.717) is 22.2 Å². The second kappa shape index (κ2) is 7.20. The number of para-hydroxylation sites is 1. The van der Waals surface area contributed by atoms with Crippen molar-refractivity contribution in [2.24, 2.45) is 0 Å². The molecule has 0 aliphatic rings. The van der Waals surface area contributed by atoms with E-state index in [1.165, 1.54) is 6.07 Å². The minimum atomic E-state index is -4.47. The number of fused-ring (bicyclic) bond motifs is 4. The summed E-state index contributed by atoms with van der Waals surface area (Å²) in [6, 6.07) is 28.2. The minimum absolute atomic E-state index is 0.131. The number of benzene rings is 4. The number of hydrogen-bond donors (Lipinski definition) is 0. The Morgan fingerprint density at radius 3 is 2.15 bits per heavy atom. The highest BCUT2D eigenvalue weighted by atomic mass is 19.4. The molecule has 0 radical (unpaired) electrons. The predicted octanol–water partition coefficient (Wildman–Crippen LogP) is 8.49. The molecule has 33 heavy (non-hydrogen) atoms. The van der Waals surface area contributed by atoms with Crippen molar-refractivity contribution in [3.63, 3.8) is 0 Å². The van der Waals surface area contributed by atoms with Crippen LogP contribution in [0.3, 0.4) is 0 Å². The Kier molecular flexibility index (Phi) is 4.27. The summed E-state index contributed by atoms with van der Waals surface area (Å²) in [6.45, 7) is 0. The molecule has 0 spiro atoms. The van der Waals surface area contributed by atoms with Crippen molar-refractivity contribution in [2.45, 2.75) is 6.18 Å². The van der Waals surface area contributed by atoms with Crippen LogP contribution in [0.25, 0.3) is 55.1 Å². The van der Waals surface area contributed by atoms with E-state index in [2.05, 4.69) is 4.98 Å². The summed E-state index contributed by atoms with van der Waals surface area (Å²) < 4.78 is 46.8. The molecule has 0 saturated heterocycles. The molecule has 0 amide bonds. The minimum Gasteiger partial charge on any atom is -0.455 e. The fourth-order valence-corrected chi connectivity index (χ4v) is 4.44. The lowest BCUT2D eigenvalue weighted by molar-refractivity contribution is -0.136. The van der Waals surface area contributed by atoms with Crippen LogP contribution in [0.5, 0.6) is 0 Å². The fraction of sp³-hybridized carbons (Fsp3) is 0.0357. The first kappa shape index (κ1) is 19.6. The molecule has 0 aliphatic heterocycles. The molecule has 2 nitrogen and oxygen atoms in total. The lowest BCUT2D eigenvalue weighted by Crippen LogP contribution is -2.07. The smallest absolute Gasteiger partial charge is 0.418 e. The maximum absolute atomic E-state index is 13.5. The van der Waals surface area contributed by atoms with E-state index >= 15 is 0 Å². The van der Waals surface area contributed by atoms with Crippen molar-refractivity contribution in [3.8, 4) is 22.4 Å². The van der Waals surface area contributed by atoms with Crippen molar-refractivity contribution >= 4 is 32.7 Å². The zero-order chi connectivity index (χ0) is 22.6. The van der Waals surface area contributed by atoms with Gasteiger partial charge in [-0.15, -0.1) is 0 Å². The molecule has 6 aromatic rings. The quantitative estimate of drug-likeness (QED) is 0.270. The van der Waals surface area contributed by atoms with E-state index in [-0.39, 0.29) is 5.39 Å². The lowest BCUT2D eigenvalue weighted by atomic mass is 9.99. The largest absolute Gasteiger partial charge is 0.455 e. The van der Waals surface area contributed by atoms with Crippen molar-refractivity contribution in [3.05, 3.63) is 103 Å². The van der Waals surface area contributed by atoms with Gasteiger partial charge >= 0.3 is 6.18 Å². The van der Waals surface area contributed by atoms with Gasteiger partial charge in [0, 0.05) is 33.5 Å². The maximum atomic E-state index is 13.5. The highest BCUT2D eigenvalue weighted by Gasteiger charge is 2.33. The van der Waals surface area contributed by atoms with Gasteiger partial charge < -0.3 is 4.42 Å². The predicted molar refractivity (Wildman–Crippen MR) is 125 cm³/mol. The average molecular weight is 439 g/mol. The van der Waals surface area contributed by atoms with Crippen molar-refractivity contribution < 1.29 is 17.6 Å². The summed E-state index contributed by atoms with van der Waals surface area (Å²) in [6.07, 6.45) is -3.56. The lowest BCUT2D eigenvalue weighted by Gasteiger charge is -2.13. The van der Waals surface area contributed by atoms with E-state index in [1.54, 1.807) is 18.2 Å². The van der Waals surface area contributed by atoms with E-state index in [0.717, 1.165) is 33.7 Å². The summed E-state index contributed by atoms with van der Waals surface area (Å²) in [5.74, 6) is 0. The molecule has 6 rings (SSSR count). The Morgan fingerprint density at radius 1 is 0.636 bits per heavy atom. The van der Waals surface area contributed by atoms with E-state index in [4.69, 9.17) is 4.42 Å². The van der Waals surface area contributed by atoms with Gasteiger partial charge in [0.1, 0.15) is 11.2 Å². The first-order valence-electron chi connectivity index (χ1n) is 10.5. The van der Waals surface area contributed by atoms with E-state index in [9.17, 15) is 13.2 Å². The van der Waals surface area contributed by atoms with Gasteiger partial charge in [0.2, 0.25) is 0 Å². The van der Waals surface area contributed by atoms with Gasteiger partial charge in [0.25, 0.3) is 0 Å². The molecule has 0 N–H and O–H groups in total. The fourth-order valence-electron chi connectivity index (χ4n) is 4.44. The van der Waals surface area contributed by atoms with Gasteiger partial charge in [-0.05, 0) is 23.1 Å². The molecule has 0 aliphatic carbocycles. The molecule has 0 saturated carbocycles. The second-order valence-electron chi connectivity index (χ2n) is 7.93. The van der Waals surface area contributed by atoms with Crippen LogP contribution < -0.4 is 0 Å². The number of pyridine rings is 1. The molecular weight excluding hydrogens is 423 g/mol. The van der Waals surface area contributed by atoms with Crippen molar-refractivity contribution in [1.82, 2.24) is 4.98 Å². The van der Waals surface area contributed by atoms with Crippen LogP contribution in [-0.2, 0) is 6.18 Å². The number of furan rings is 1. The highest BCUT2D eigenvalue weighted by Crippen LogP contribution is 2.40. The highest BCUT2D eigenvalue weighted by molar-refractivity contribution is 6.10. The number of hydrogen-bond acceptors (Lipinski definition) is 2. The standard InChI is InChI=1S/C28H16F3NO/c29-28(30,31)24-16-32-26(22-10-5-4-9-20(22)24)18-13-14-21-23-12-6-11-19(17-7-2-1-3-8-17)27(23)33-25(21)15-18/h1-16H. The molecule has 0 fully saturated rings. The van der Waals surface area contributed by atoms with Crippen LogP contribution in [0, 0.1) is 0 Å². The van der Waals surface area contributed by atoms with Crippen LogP contribution in [0.15, 0.2) is 102 Å². The van der Waals surface area contributed by atoms with Gasteiger partial charge in [-0.3, -0.25) is 4.98 Å². The molecule has 5 heteroatoms. The molecule has 0 unspecified atom stereocenters. The zero-order valence-electron chi connectivity index (χ0n) is 17.2. The average Bonchev–Trinajstić information content (AvgIpc) is 3.21. The Balaban J connectivity index is 1.57. The SMILES string of the molecule is FC(F)(F)c1cnc(-c2ccc3c(c2)oc2c(-c4ccccc4)cccc23)c2ccccc12. The van der Waals surface area contributed by atoms with Gasteiger partial charge in [-0.25, -0.2) is 0 Å². The van der Waals surface area contributed by atoms with Crippen LogP contribution in [0.2, 0.25) is 0 Å². The molecule has 160 valence electrons. The normalized spacial score (nSPS) is 12.1. The monoisotopic (exact) mass is 439 g/mol. The maximum Gasteiger partial charge on any atom is 0.418 e. The van der Waals surface area contributed by atoms with Gasteiger partial charge in [0.15, 0.2) is 0 Å². The Labute approximate surface area is 186 Å². The molecule has 2 heterocycles. The number of halogens is 3. The summed E-state index contributed by atoms with van der Waals surface area (Å²) in [4.78, 5) is 4.21. The van der Waals surface area contributed by atoms with Crippen LogP contribution >= 0.6 is 0 Å². The van der Waals surface area contributed by atoms with E-state index in [1.807, 2.05) is 66.7 Å². The topological polar surface area (TPSA) is 26.0 Å². The Hall–Kier alpha value is -4.12. The molecular formula is C28H16F3NO. The summed E-state index contributed by atoms with van der Waals surface area (Å²) in [7, 11) is 0. The third-order valence-electron chi connectivity index (χ3n) is 5.96. The van der Waals surface area contributed by atoms with Gasteiger partial charge in [-0.2, -0.15) is 13.2 Å². The summed E-state index contributed by atoms with van der Waals surface area (Å²) >= 11 is 0. The van der Waals surface area contributed by atoms with Crippen molar-refractivity contribution in [2.75, 3.05) is 0 Å².